The van der Waals surface area contributed by atoms with E-state index in [1.165, 1.54) is 12.1 Å². The monoisotopic (exact) mass is 237 g/mol. The molecule has 1 rings (SSSR count). The van der Waals surface area contributed by atoms with E-state index in [-0.39, 0.29) is 5.56 Å². The van der Waals surface area contributed by atoms with E-state index >= 15 is 0 Å². The number of nitrogens with zero attached hydrogens (tertiary/aromatic N) is 1. The van der Waals surface area contributed by atoms with Gasteiger partial charge in [-0.3, -0.25) is 0 Å². The number of hydrogen-bond donors (Lipinski definition) is 0. The SMILES string of the molecule is O=S(=O)(N=Cc1ccccc1)C(F)(F)F. The molecule has 0 saturated heterocycles. The second-order valence-electron chi connectivity index (χ2n) is 2.57. The molecule has 3 nitrogen and oxygen atoms in total. The summed E-state index contributed by atoms with van der Waals surface area (Å²) in [6.45, 7) is 0. The third-order valence-corrected chi connectivity index (χ3v) is 2.40. The number of sulfonamides is 1. The van der Waals surface area contributed by atoms with Crippen molar-refractivity contribution in [2.24, 2.45) is 4.40 Å². The third-order valence-electron chi connectivity index (χ3n) is 1.43. The lowest BCUT2D eigenvalue weighted by Crippen LogP contribution is -2.20. The van der Waals surface area contributed by atoms with Gasteiger partial charge >= 0.3 is 15.5 Å². The Balaban J connectivity index is 2.93. The van der Waals surface area contributed by atoms with E-state index in [1.54, 1.807) is 18.2 Å². The van der Waals surface area contributed by atoms with Crippen molar-refractivity contribution in [1.82, 2.24) is 0 Å². The zero-order chi connectivity index (χ0) is 11.5. The van der Waals surface area contributed by atoms with E-state index in [0.717, 1.165) is 0 Å². The fraction of sp³-hybridized carbons (Fsp3) is 0.125. The van der Waals surface area contributed by atoms with E-state index in [0.29, 0.717) is 6.21 Å². The summed E-state index contributed by atoms with van der Waals surface area (Å²) in [7, 11) is -5.43. The van der Waals surface area contributed by atoms with Crippen LogP contribution in [0.2, 0.25) is 0 Å². The zero-order valence-electron chi connectivity index (χ0n) is 7.27. The number of hydrogen-bond acceptors (Lipinski definition) is 2. The topological polar surface area (TPSA) is 46.5 Å². The van der Waals surface area contributed by atoms with Gasteiger partial charge in [-0.15, -0.1) is 0 Å². The van der Waals surface area contributed by atoms with Crippen molar-refractivity contribution in [3.05, 3.63) is 35.9 Å². The van der Waals surface area contributed by atoms with Crippen LogP contribution in [-0.4, -0.2) is 20.1 Å². The Morgan fingerprint density at radius 3 is 2.13 bits per heavy atom. The van der Waals surface area contributed by atoms with Crippen molar-refractivity contribution in [2.45, 2.75) is 5.51 Å². The summed E-state index contributed by atoms with van der Waals surface area (Å²) in [4.78, 5) is 0. The van der Waals surface area contributed by atoms with Crippen LogP contribution < -0.4 is 0 Å². The molecule has 0 aliphatic carbocycles. The molecule has 0 N–H and O–H groups in total. The molecule has 7 heteroatoms. The van der Waals surface area contributed by atoms with Crippen molar-refractivity contribution in [3.63, 3.8) is 0 Å². The molecule has 0 radical (unpaired) electrons. The summed E-state index contributed by atoms with van der Waals surface area (Å²) in [6.07, 6.45) is 0.656. The molecule has 0 heterocycles. The van der Waals surface area contributed by atoms with Crippen molar-refractivity contribution in [2.75, 3.05) is 0 Å². The number of halogens is 3. The molecule has 0 aliphatic rings. The van der Waals surface area contributed by atoms with Gasteiger partial charge in [0.05, 0.1) is 0 Å². The van der Waals surface area contributed by atoms with Crippen LogP contribution in [-0.2, 0) is 10.0 Å². The normalized spacial score (nSPS) is 13.3. The van der Waals surface area contributed by atoms with Crippen LogP contribution in [0.3, 0.4) is 0 Å². The molecule has 1 aromatic carbocycles. The van der Waals surface area contributed by atoms with E-state index in [4.69, 9.17) is 0 Å². The molecule has 82 valence electrons. The Kier molecular flexibility index (Phi) is 3.13. The second kappa shape index (κ2) is 4.01. The van der Waals surface area contributed by atoms with Crippen LogP contribution in [0.15, 0.2) is 34.7 Å². The molecule has 0 saturated carbocycles. The van der Waals surface area contributed by atoms with Gasteiger partial charge in [-0.25, -0.2) is 0 Å². The maximum absolute atomic E-state index is 11.8. The first kappa shape index (κ1) is 11.7. The lowest BCUT2D eigenvalue weighted by Gasteiger charge is -2.01. The zero-order valence-corrected chi connectivity index (χ0v) is 8.09. The number of rotatable bonds is 2. The molecule has 0 amide bonds. The fourth-order valence-electron chi connectivity index (χ4n) is 0.729. The number of alkyl halides is 3. The van der Waals surface area contributed by atoms with E-state index in [2.05, 4.69) is 4.40 Å². The van der Waals surface area contributed by atoms with Crippen molar-refractivity contribution in [1.29, 1.82) is 0 Å². The predicted molar refractivity (Wildman–Crippen MR) is 49.0 cm³/mol. The highest BCUT2D eigenvalue weighted by molar-refractivity contribution is 7.91. The first-order valence-electron chi connectivity index (χ1n) is 3.74. The third kappa shape index (κ3) is 3.05. The van der Waals surface area contributed by atoms with Crippen LogP contribution in [0.1, 0.15) is 5.56 Å². The summed E-state index contributed by atoms with van der Waals surface area (Å²) >= 11 is 0. The van der Waals surface area contributed by atoms with Crippen LogP contribution in [0.25, 0.3) is 0 Å². The van der Waals surface area contributed by atoms with Gasteiger partial charge < -0.3 is 0 Å². The standard InChI is InChI=1S/C8H6F3NO2S/c9-8(10,11)15(13,14)12-6-7-4-2-1-3-5-7/h1-6H. The molecule has 0 unspecified atom stereocenters. The van der Waals surface area contributed by atoms with Crippen molar-refractivity contribution < 1.29 is 21.6 Å². The Bertz CT molecular complexity index is 451. The summed E-state index contributed by atoms with van der Waals surface area (Å²) in [5.41, 5.74) is -5.07. The Labute approximate surface area is 84.3 Å². The lowest BCUT2D eigenvalue weighted by atomic mass is 10.2. The average molecular weight is 237 g/mol. The average Bonchev–Trinajstić information content (AvgIpc) is 2.15. The lowest BCUT2D eigenvalue weighted by molar-refractivity contribution is -0.0435. The Hall–Kier alpha value is -1.37. The molecule has 0 aliphatic heterocycles. The molecular formula is C8H6F3NO2S. The quantitative estimate of drug-likeness (QED) is 0.738. The van der Waals surface area contributed by atoms with E-state index in [9.17, 15) is 21.6 Å². The predicted octanol–water partition coefficient (Wildman–Crippen LogP) is 1.96. The van der Waals surface area contributed by atoms with Crippen LogP contribution in [0.5, 0.6) is 0 Å². The van der Waals surface area contributed by atoms with Crippen molar-refractivity contribution in [3.8, 4) is 0 Å². The fourth-order valence-corrected chi connectivity index (χ4v) is 1.11. The van der Waals surface area contributed by atoms with Gasteiger partial charge in [-0.2, -0.15) is 26.0 Å². The molecule has 0 aromatic heterocycles. The summed E-state index contributed by atoms with van der Waals surface area (Å²) in [6, 6.07) is 7.64. The molecule has 0 spiro atoms. The molecule has 0 bridgehead atoms. The van der Waals surface area contributed by atoms with Crippen molar-refractivity contribution >= 4 is 16.2 Å². The second-order valence-corrected chi connectivity index (χ2v) is 4.19. The highest BCUT2D eigenvalue weighted by Crippen LogP contribution is 2.24. The van der Waals surface area contributed by atoms with Gasteiger partial charge in [0, 0.05) is 6.21 Å². The summed E-state index contributed by atoms with van der Waals surface area (Å²) < 4.78 is 59.0. The summed E-state index contributed by atoms with van der Waals surface area (Å²) in [5, 5.41) is 0. The van der Waals surface area contributed by atoms with Gasteiger partial charge in [0.2, 0.25) is 0 Å². The van der Waals surface area contributed by atoms with Crippen LogP contribution in [0.4, 0.5) is 13.2 Å². The van der Waals surface area contributed by atoms with Gasteiger partial charge in [-0.1, -0.05) is 30.3 Å². The largest absolute Gasteiger partial charge is 0.518 e. The Morgan fingerprint density at radius 2 is 1.67 bits per heavy atom. The van der Waals surface area contributed by atoms with Gasteiger partial charge in [0.25, 0.3) is 0 Å². The van der Waals surface area contributed by atoms with Crippen LogP contribution in [0, 0.1) is 0 Å². The minimum absolute atomic E-state index is 0.283. The van der Waals surface area contributed by atoms with Gasteiger partial charge in [-0.05, 0) is 5.56 Å². The number of benzene rings is 1. The van der Waals surface area contributed by atoms with Crippen LogP contribution >= 0.6 is 0 Å². The Morgan fingerprint density at radius 1 is 1.13 bits per heavy atom. The molecule has 0 atom stereocenters. The molecule has 0 fully saturated rings. The van der Waals surface area contributed by atoms with Gasteiger partial charge in [0.1, 0.15) is 0 Å². The summed E-state index contributed by atoms with van der Waals surface area (Å²) in [5.74, 6) is 0. The van der Waals surface area contributed by atoms with E-state index in [1.807, 2.05) is 0 Å². The first-order chi connectivity index (χ1) is 6.83. The van der Waals surface area contributed by atoms with E-state index < -0.39 is 15.5 Å². The maximum atomic E-state index is 11.8. The first-order valence-corrected chi connectivity index (χ1v) is 5.18. The smallest absolute Gasteiger partial charge is 0.195 e. The highest BCUT2D eigenvalue weighted by Gasteiger charge is 2.45. The molecular weight excluding hydrogens is 231 g/mol. The maximum Gasteiger partial charge on any atom is 0.518 e. The molecule has 1 aromatic rings. The minimum Gasteiger partial charge on any atom is -0.195 e. The van der Waals surface area contributed by atoms with Gasteiger partial charge in [0.15, 0.2) is 0 Å². The highest BCUT2D eigenvalue weighted by atomic mass is 32.2. The molecule has 15 heavy (non-hydrogen) atoms. The minimum atomic E-state index is -5.43.